The van der Waals surface area contributed by atoms with Gasteiger partial charge in [-0.15, -0.1) is 0 Å². The number of hydrogen-bond donors (Lipinski definition) is 0. The Kier molecular flexibility index (Phi) is 5.22. The Labute approximate surface area is 113 Å². The first-order valence-electron chi connectivity index (χ1n) is 6.66. The Morgan fingerprint density at radius 1 is 0.889 bits per heavy atom. The Balaban J connectivity index is 1.70. The largest absolute Gasteiger partial charge is 0.0622 e. The fraction of sp³-hybridized carbons (Fsp3) is 0.294. The zero-order chi connectivity index (χ0) is 12.6. The molecule has 2 radical (unpaired) electrons. The molecule has 1 atom stereocenters. The second-order valence-corrected chi connectivity index (χ2v) is 6.16. The number of benzene rings is 2. The topological polar surface area (TPSA) is 0 Å². The zero-order valence-electron chi connectivity index (χ0n) is 11.0. The van der Waals surface area contributed by atoms with Crippen LogP contribution in [0.3, 0.4) is 0 Å². The fourth-order valence-corrected chi connectivity index (χ4v) is 3.43. The average molecular weight is 252 g/mol. The second kappa shape index (κ2) is 7.17. The minimum Gasteiger partial charge on any atom is -0.0622 e. The summed E-state index contributed by atoms with van der Waals surface area (Å²) in [6.07, 6.45) is 1.22. The van der Waals surface area contributed by atoms with Crippen molar-refractivity contribution in [2.24, 2.45) is 0 Å². The molecule has 2 aromatic rings. The van der Waals surface area contributed by atoms with Crippen molar-refractivity contribution in [1.82, 2.24) is 0 Å². The van der Waals surface area contributed by atoms with Crippen molar-refractivity contribution < 1.29 is 0 Å². The van der Waals surface area contributed by atoms with Gasteiger partial charge in [0.2, 0.25) is 0 Å². The van der Waals surface area contributed by atoms with Gasteiger partial charge in [-0.3, -0.25) is 0 Å². The molecule has 18 heavy (non-hydrogen) atoms. The lowest BCUT2D eigenvalue weighted by molar-refractivity contribution is 0.854. The van der Waals surface area contributed by atoms with Crippen LogP contribution in [0.5, 0.6) is 0 Å². The predicted octanol–water partition coefficient (Wildman–Crippen LogP) is 4.57. The van der Waals surface area contributed by atoms with E-state index in [2.05, 4.69) is 67.6 Å². The van der Waals surface area contributed by atoms with E-state index in [-0.39, 0.29) is 0 Å². The van der Waals surface area contributed by atoms with Crippen LogP contribution in [0, 0.1) is 0 Å². The highest BCUT2D eigenvalue weighted by Gasteiger charge is 2.04. The second-order valence-electron chi connectivity index (χ2n) is 4.75. The van der Waals surface area contributed by atoms with Crippen molar-refractivity contribution in [2.45, 2.75) is 31.4 Å². The first-order valence-corrected chi connectivity index (χ1v) is 8.07. The number of aryl methyl sites for hydroxylation is 1. The molecule has 0 nitrogen and oxygen atoms in total. The lowest BCUT2D eigenvalue weighted by Crippen LogP contribution is -2.00. The van der Waals surface area contributed by atoms with E-state index in [1.165, 1.54) is 29.6 Å². The first-order chi connectivity index (χ1) is 8.86. The molecule has 1 unspecified atom stereocenters. The van der Waals surface area contributed by atoms with Crippen molar-refractivity contribution in [2.75, 3.05) is 0 Å². The minimum absolute atomic E-state index is 0.695. The van der Waals surface area contributed by atoms with Crippen LogP contribution < -0.4 is 0 Å². The van der Waals surface area contributed by atoms with E-state index >= 15 is 0 Å². The summed E-state index contributed by atoms with van der Waals surface area (Å²) in [7, 11) is 1.06. The maximum atomic E-state index is 2.34. The van der Waals surface area contributed by atoms with Crippen LogP contribution >= 0.6 is 0 Å². The first kappa shape index (κ1) is 13.1. The van der Waals surface area contributed by atoms with E-state index in [1.54, 1.807) is 0 Å². The minimum atomic E-state index is 0.695. The Morgan fingerprint density at radius 2 is 1.50 bits per heavy atom. The van der Waals surface area contributed by atoms with Crippen LogP contribution in [0.25, 0.3) is 0 Å². The highest BCUT2D eigenvalue weighted by atomic mass is 28.2. The van der Waals surface area contributed by atoms with Crippen molar-refractivity contribution in [3.63, 3.8) is 0 Å². The van der Waals surface area contributed by atoms with Crippen molar-refractivity contribution in [3.8, 4) is 0 Å². The van der Waals surface area contributed by atoms with Gasteiger partial charge in [-0.25, -0.2) is 0 Å². The Morgan fingerprint density at radius 3 is 2.17 bits per heavy atom. The molecule has 0 N–H and O–H groups in total. The van der Waals surface area contributed by atoms with Gasteiger partial charge in [-0.05, 0) is 23.5 Å². The van der Waals surface area contributed by atoms with Gasteiger partial charge in [-0.2, -0.15) is 0 Å². The maximum Gasteiger partial charge on any atom is 0.0387 e. The molecular formula is C17H20Si. The van der Waals surface area contributed by atoms with Crippen LogP contribution in [0.15, 0.2) is 60.7 Å². The zero-order valence-corrected chi connectivity index (χ0v) is 12.0. The molecule has 0 aliphatic rings. The van der Waals surface area contributed by atoms with Gasteiger partial charge in [-0.1, -0.05) is 79.7 Å². The van der Waals surface area contributed by atoms with Gasteiger partial charge in [0.15, 0.2) is 0 Å². The Bertz CT molecular complexity index is 436. The molecule has 0 saturated heterocycles. The van der Waals surface area contributed by atoms with Crippen LogP contribution in [0.2, 0.25) is 12.1 Å². The van der Waals surface area contributed by atoms with Crippen molar-refractivity contribution >= 4 is 9.52 Å². The van der Waals surface area contributed by atoms with E-state index < -0.39 is 0 Å². The molecule has 2 aromatic carbocycles. The van der Waals surface area contributed by atoms with Crippen LogP contribution in [-0.2, 0) is 6.42 Å². The average Bonchev–Trinajstić information content (AvgIpc) is 2.45. The van der Waals surface area contributed by atoms with E-state index in [1.807, 2.05) is 0 Å². The highest BCUT2D eigenvalue weighted by molar-refractivity contribution is 6.35. The van der Waals surface area contributed by atoms with Crippen molar-refractivity contribution in [3.05, 3.63) is 71.8 Å². The van der Waals surface area contributed by atoms with Crippen LogP contribution in [0.1, 0.15) is 24.0 Å². The van der Waals surface area contributed by atoms with Gasteiger partial charge in [0.05, 0.1) is 0 Å². The van der Waals surface area contributed by atoms with Gasteiger partial charge in [0.25, 0.3) is 0 Å². The monoisotopic (exact) mass is 252 g/mol. The smallest absolute Gasteiger partial charge is 0.0387 e. The normalized spacial score (nSPS) is 12.3. The third-order valence-electron chi connectivity index (χ3n) is 3.25. The van der Waals surface area contributed by atoms with Crippen LogP contribution in [0.4, 0.5) is 0 Å². The standard InChI is InChI=1S/C17H20Si/c1-15(17-10-6-3-7-11-17)14-18-13-12-16-8-4-2-5-9-16/h2-11,15H,12-14H2,1H3. The third-order valence-corrected chi connectivity index (χ3v) is 4.76. The molecular weight excluding hydrogens is 232 g/mol. The predicted molar refractivity (Wildman–Crippen MR) is 80.4 cm³/mol. The van der Waals surface area contributed by atoms with E-state index in [0.717, 1.165) is 9.52 Å². The van der Waals surface area contributed by atoms with Gasteiger partial charge in [0, 0.05) is 9.52 Å². The molecule has 0 heterocycles. The van der Waals surface area contributed by atoms with E-state index in [0.29, 0.717) is 5.92 Å². The molecule has 0 saturated carbocycles. The fourth-order valence-electron chi connectivity index (χ4n) is 2.10. The summed E-state index contributed by atoms with van der Waals surface area (Å²) < 4.78 is 0. The van der Waals surface area contributed by atoms with Gasteiger partial charge < -0.3 is 0 Å². The molecule has 0 aliphatic heterocycles. The molecule has 0 bridgehead atoms. The summed E-state index contributed by atoms with van der Waals surface area (Å²) in [5.41, 5.74) is 2.95. The van der Waals surface area contributed by atoms with Gasteiger partial charge >= 0.3 is 0 Å². The van der Waals surface area contributed by atoms with Crippen molar-refractivity contribution in [1.29, 1.82) is 0 Å². The summed E-state index contributed by atoms with van der Waals surface area (Å²) in [5, 5.41) is 0. The Hall–Kier alpha value is -1.34. The number of hydrogen-bond acceptors (Lipinski definition) is 0. The summed E-state index contributed by atoms with van der Waals surface area (Å²) in [4.78, 5) is 0. The molecule has 0 amide bonds. The SMILES string of the molecule is CC(C[Si]CCc1ccccc1)c1ccccc1. The quantitative estimate of drug-likeness (QED) is 0.522. The maximum absolute atomic E-state index is 2.34. The number of rotatable bonds is 6. The summed E-state index contributed by atoms with van der Waals surface area (Å²) >= 11 is 0. The molecule has 0 fully saturated rings. The lowest BCUT2D eigenvalue weighted by atomic mass is 10.0. The summed E-state index contributed by atoms with van der Waals surface area (Å²) in [6, 6.07) is 24.3. The molecule has 1 heteroatoms. The molecule has 2 rings (SSSR count). The van der Waals surface area contributed by atoms with Gasteiger partial charge in [0.1, 0.15) is 0 Å². The van der Waals surface area contributed by atoms with E-state index in [9.17, 15) is 0 Å². The third kappa shape index (κ3) is 4.15. The highest BCUT2D eigenvalue weighted by Crippen LogP contribution is 2.19. The van der Waals surface area contributed by atoms with E-state index in [4.69, 9.17) is 0 Å². The molecule has 0 spiro atoms. The molecule has 0 aromatic heterocycles. The summed E-state index contributed by atoms with van der Waals surface area (Å²) in [5.74, 6) is 0.695. The summed E-state index contributed by atoms with van der Waals surface area (Å²) in [6.45, 7) is 2.34. The lowest BCUT2D eigenvalue weighted by Gasteiger charge is -2.10. The van der Waals surface area contributed by atoms with Crippen LogP contribution in [-0.4, -0.2) is 9.52 Å². The molecule has 0 aliphatic carbocycles. The molecule has 92 valence electrons.